The number of phenols is 1. The zero-order valence-electron chi connectivity index (χ0n) is 9.31. The predicted molar refractivity (Wildman–Crippen MR) is 73.3 cm³/mol. The normalized spacial score (nSPS) is 13.7. The first-order valence-corrected chi connectivity index (χ1v) is 6.47. The lowest BCUT2D eigenvalue weighted by molar-refractivity contribution is 0.109. The van der Waals surface area contributed by atoms with E-state index in [9.17, 15) is 9.90 Å². The summed E-state index contributed by atoms with van der Waals surface area (Å²) in [7, 11) is 0. The van der Waals surface area contributed by atoms with E-state index in [0.29, 0.717) is 5.56 Å². The zero-order chi connectivity index (χ0) is 12.3. The van der Waals surface area contributed by atoms with E-state index in [0.717, 1.165) is 26.4 Å². The quantitative estimate of drug-likeness (QED) is 0.616. The van der Waals surface area contributed by atoms with E-state index in [1.165, 1.54) is 11.8 Å². The van der Waals surface area contributed by atoms with Gasteiger partial charge in [0.2, 0.25) is 5.12 Å². The van der Waals surface area contributed by atoms with Gasteiger partial charge < -0.3 is 5.11 Å². The lowest BCUT2D eigenvalue weighted by atomic mass is 9.99. The van der Waals surface area contributed by atoms with Gasteiger partial charge in [0, 0.05) is 21.2 Å². The number of rotatable bonds is 0. The smallest absolute Gasteiger partial charge is 0.224 e. The number of carbonyl (C=O) groups is 1. The second-order valence-corrected chi connectivity index (χ2v) is 5.35. The first-order valence-electron chi connectivity index (χ1n) is 5.65. The summed E-state index contributed by atoms with van der Waals surface area (Å²) in [5.41, 5.74) is 0.702. The Balaban J connectivity index is 2.35. The van der Waals surface area contributed by atoms with Gasteiger partial charge in [-0.2, -0.15) is 0 Å². The van der Waals surface area contributed by atoms with Crippen LogP contribution in [-0.2, 0) is 0 Å². The molecule has 0 fully saturated rings. The van der Waals surface area contributed by atoms with Crippen molar-refractivity contribution in [3.8, 4) is 5.75 Å². The highest BCUT2D eigenvalue weighted by molar-refractivity contribution is 8.15. The molecule has 18 heavy (non-hydrogen) atoms. The largest absolute Gasteiger partial charge is 0.507 e. The minimum atomic E-state index is 0.0614. The molecular weight excluding hydrogens is 244 g/mol. The minimum Gasteiger partial charge on any atom is -0.507 e. The van der Waals surface area contributed by atoms with Crippen molar-refractivity contribution >= 4 is 38.4 Å². The summed E-state index contributed by atoms with van der Waals surface area (Å²) in [6.45, 7) is 0. The summed E-state index contributed by atoms with van der Waals surface area (Å²) in [4.78, 5) is 13.0. The Morgan fingerprint density at radius 3 is 2.72 bits per heavy atom. The molecule has 0 amide bonds. The topological polar surface area (TPSA) is 37.3 Å². The molecule has 0 unspecified atom stereocenters. The number of hydrogen-bond acceptors (Lipinski definition) is 3. The molecule has 3 aromatic rings. The molecule has 1 aliphatic rings. The SMILES string of the molecule is O=C1Sc2c3ccccc3cc3c(O)ccc1c23. The molecule has 86 valence electrons. The Hall–Kier alpha value is -2.00. The van der Waals surface area contributed by atoms with E-state index in [1.807, 2.05) is 30.3 Å². The van der Waals surface area contributed by atoms with E-state index in [2.05, 4.69) is 0 Å². The van der Waals surface area contributed by atoms with Crippen LogP contribution in [-0.4, -0.2) is 10.2 Å². The summed E-state index contributed by atoms with van der Waals surface area (Å²) < 4.78 is 0. The summed E-state index contributed by atoms with van der Waals surface area (Å²) in [6.07, 6.45) is 0. The van der Waals surface area contributed by atoms with E-state index < -0.39 is 0 Å². The van der Waals surface area contributed by atoms with Crippen LogP contribution in [0.1, 0.15) is 10.4 Å². The van der Waals surface area contributed by atoms with E-state index in [1.54, 1.807) is 12.1 Å². The third-order valence-corrected chi connectivity index (χ3v) is 4.40. The first-order chi connectivity index (χ1) is 8.75. The fourth-order valence-corrected chi connectivity index (χ4v) is 3.63. The Kier molecular flexibility index (Phi) is 1.81. The number of phenolic OH excluding ortho intramolecular Hbond substituents is 1. The van der Waals surface area contributed by atoms with Crippen LogP contribution >= 0.6 is 11.8 Å². The van der Waals surface area contributed by atoms with Crippen LogP contribution in [0.3, 0.4) is 0 Å². The molecule has 0 radical (unpaired) electrons. The maximum absolute atomic E-state index is 12.0. The molecule has 0 saturated heterocycles. The Morgan fingerprint density at radius 1 is 1.00 bits per heavy atom. The van der Waals surface area contributed by atoms with Crippen molar-refractivity contribution in [2.75, 3.05) is 0 Å². The fourth-order valence-electron chi connectivity index (χ4n) is 2.54. The van der Waals surface area contributed by atoms with Gasteiger partial charge in [-0.25, -0.2) is 0 Å². The maximum atomic E-state index is 12.0. The molecule has 0 aromatic heterocycles. The average Bonchev–Trinajstić information content (AvgIpc) is 2.72. The van der Waals surface area contributed by atoms with Crippen molar-refractivity contribution in [2.45, 2.75) is 4.90 Å². The van der Waals surface area contributed by atoms with Gasteiger partial charge in [-0.1, -0.05) is 24.3 Å². The first kappa shape index (κ1) is 9.97. The number of aromatic hydroxyl groups is 1. The van der Waals surface area contributed by atoms with Crippen LogP contribution in [0.15, 0.2) is 47.4 Å². The third-order valence-electron chi connectivity index (χ3n) is 3.37. The third kappa shape index (κ3) is 1.12. The summed E-state index contributed by atoms with van der Waals surface area (Å²) in [5.74, 6) is 0.232. The molecule has 4 rings (SSSR count). The van der Waals surface area contributed by atoms with Gasteiger partial charge in [0.25, 0.3) is 0 Å². The highest BCUT2D eigenvalue weighted by atomic mass is 32.2. The molecule has 2 nitrogen and oxygen atoms in total. The molecule has 0 bridgehead atoms. The number of fused-ring (bicyclic) bond motifs is 2. The van der Waals surface area contributed by atoms with Crippen molar-refractivity contribution in [2.24, 2.45) is 0 Å². The van der Waals surface area contributed by atoms with Gasteiger partial charge in [-0.05, 0) is 40.7 Å². The monoisotopic (exact) mass is 252 g/mol. The van der Waals surface area contributed by atoms with Crippen LogP contribution in [0, 0.1) is 0 Å². The molecule has 0 atom stereocenters. The maximum Gasteiger partial charge on any atom is 0.224 e. The molecule has 1 N–H and O–H groups in total. The molecule has 1 aliphatic heterocycles. The Morgan fingerprint density at radius 2 is 1.83 bits per heavy atom. The predicted octanol–water partition coefficient (Wildman–Crippen LogP) is 3.94. The molecular formula is C15H8O2S. The molecule has 0 saturated carbocycles. The summed E-state index contributed by atoms with van der Waals surface area (Å²) in [5, 5.41) is 13.8. The van der Waals surface area contributed by atoms with Gasteiger partial charge in [-0.15, -0.1) is 0 Å². The highest BCUT2D eigenvalue weighted by Gasteiger charge is 2.26. The van der Waals surface area contributed by atoms with Gasteiger partial charge in [0.05, 0.1) is 0 Å². The molecule has 1 heterocycles. The zero-order valence-corrected chi connectivity index (χ0v) is 10.1. The van der Waals surface area contributed by atoms with Crippen molar-refractivity contribution in [1.29, 1.82) is 0 Å². The molecule has 0 spiro atoms. The van der Waals surface area contributed by atoms with Crippen LogP contribution in [0.4, 0.5) is 0 Å². The average molecular weight is 252 g/mol. The second kappa shape index (κ2) is 3.27. The fraction of sp³-hybridized carbons (Fsp3) is 0. The van der Waals surface area contributed by atoms with Gasteiger partial charge in [0.1, 0.15) is 5.75 Å². The Labute approximate surface area is 107 Å². The number of hydrogen-bond donors (Lipinski definition) is 1. The Bertz CT molecular complexity index is 837. The van der Waals surface area contributed by atoms with E-state index >= 15 is 0 Å². The van der Waals surface area contributed by atoms with Crippen LogP contribution < -0.4 is 0 Å². The van der Waals surface area contributed by atoms with Gasteiger partial charge in [0.15, 0.2) is 0 Å². The molecule has 0 aliphatic carbocycles. The minimum absolute atomic E-state index is 0.0614. The summed E-state index contributed by atoms with van der Waals surface area (Å²) >= 11 is 1.26. The van der Waals surface area contributed by atoms with Crippen LogP contribution in [0.2, 0.25) is 0 Å². The highest BCUT2D eigenvalue weighted by Crippen LogP contribution is 2.46. The molecule has 3 aromatic carbocycles. The van der Waals surface area contributed by atoms with Crippen molar-refractivity contribution < 1.29 is 9.90 Å². The lowest BCUT2D eigenvalue weighted by Gasteiger charge is -2.06. The van der Waals surface area contributed by atoms with Gasteiger partial charge >= 0.3 is 0 Å². The molecule has 3 heteroatoms. The van der Waals surface area contributed by atoms with Crippen molar-refractivity contribution in [1.82, 2.24) is 0 Å². The van der Waals surface area contributed by atoms with Crippen LogP contribution in [0.5, 0.6) is 5.75 Å². The number of thioether (sulfide) groups is 1. The van der Waals surface area contributed by atoms with Crippen molar-refractivity contribution in [3.63, 3.8) is 0 Å². The number of benzene rings is 3. The standard InChI is InChI=1S/C15H8O2S/c16-12-6-5-10-13-11(12)7-8-3-1-2-4-9(8)14(13)18-15(10)17/h1-7,16H. The summed E-state index contributed by atoms with van der Waals surface area (Å²) in [6, 6.07) is 13.2. The lowest BCUT2D eigenvalue weighted by Crippen LogP contribution is -1.86. The number of carbonyl (C=O) groups excluding carboxylic acids is 1. The van der Waals surface area contributed by atoms with E-state index in [-0.39, 0.29) is 10.9 Å². The second-order valence-electron chi connectivity index (χ2n) is 4.37. The van der Waals surface area contributed by atoms with Crippen molar-refractivity contribution in [3.05, 3.63) is 48.0 Å². The van der Waals surface area contributed by atoms with E-state index in [4.69, 9.17) is 0 Å². The van der Waals surface area contributed by atoms with Gasteiger partial charge in [-0.3, -0.25) is 4.79 Å². The van der Waals surface area contributed by atoms with Crippen LogP contribution in [0.25, 0.3) is 21.5 Å².